The molecule has 0 spiro atoms. The molecule has 1 aliphatic rings. The molecule has 11 heteroatoms. The number of H-pyrrole nitrogens is 1. The van der Waals surface area contributed by atoms with E-state index in [-0.39, 0.29) is 22.4 Å². The highest BCUT2D eigenvalue weighted by Crippen LogP contribution is 2.27. The Morgan fingerprint density at radius 1 is 1.23 bits per heavy atom. The molecule has 2 aromatic heterocycles. The van der Waals surface area contributed by atoms with Crippen molar-refractivity contribution in [3.8, 4) is 10.7 Å². The number of amides is 2. The summed E-state index contributed by atoms with van der Waals surface area (Å²) in [4.78, 5) is 30.1. The molecule has 7 nitrogen and oxygen atoms in total. The Balaban J connectivity index is 1.45. The summed E-state index contributed by atoms with van der Waals surface area (Å²) in [6.07, 6.45) is 0. The number of thiophene rings is 1. The number of aromatic nitrogens is 3. The number of carbonyl (C=O) groups excluding carboxylic acids is 2. The van der Waals surface area contributed by atoms with Gasteiger partial charge in [0.1, 0.15) is 11.9 Å². The highest BCUT2D eigenvalue weighted by molar-refractivity contribution is 7.71. The van der Waals surface area contributed by atoms with E-state index >= 15 is 0 Å². The number of nitrogens with one attached hydrogen (secondary N) is 1. The highest BCUT2D eigenvalue weighted by Gasteiger charge is 2.30. The topological polar surface area (TPSA) is 74.2 Å². The summed E-state index contributed by atoms with van der Waals surface area (Å²) in [7, 11) is 0. The fraction of sp³-hybridized carbons (Fsp3) is 0.300. The van der Waals surface area contributed by atoms with Gasteiger partial charge in [0, 0.05) is 26.2 Å². The number of halogens is 2. The zero-order valence-corrected chi connectivity index (χ0v) is 18.9. The first-order chi connectivity index (χ1) is 14.9. The van der Waals surface area contributed by atoms with Gasteiger partial charge in [-0.15, -0.1) is 11.3 Å². The Bertz CT molecular complexity index is 1170. The largest absolute Gasteiger partial charge is 0.337 e. The van der Waals surface area contributed by atoms with Crippen molar-refractivity contribution in [1.82, 2.24) is 24.6 Å². The van der Waals surface area contributed by atoms with E-state index in [2.05, 4.69) is 10.2 Å². The maximum absolute atomic E-state index is 13.3. The summed E-state index contributed by atoms with van der Waals surface area (Å²) >= 11 is 12.9. The van der Waals surface area contributed by atoms with Gasteiger partial charge in [-0.1, -0.05) is 17.7 Å². The van der Waals surface area contributed by atoms with Crippen LogP contribution in [0.3, 0.4) is 0 Å². The van der Waals surface area contributed by atoms with E-state index in [0.29, 0.717) is 36.8 Å². The molecule has 3 aromatic rings. The number of benzene rings is 1. The van der Waals surface area contributed by atoms with Crippen LogP contribution in [0.25, 0.3) is 10.7 Å². The minimum Gasteiger partial charge on any atom is -0.337 e. The first-order valence-corrected chi connectivity index (χ1v) is 11.3. The quantitative estimate of drug-likeness (QED) is 0.574. The molecule has 1 unspecified atom stereocenters. The average molecular weight is 480 g/mol. The van der Waals surface area contributed by atoms with Crippen molar-refractivity contribution in [1.29, 1.82) is 0 Å². The molecule has 4 rings (SSSR count). The second kappa shape index (κ2) is 8.89. The molecule has 1 fully saturated rings. The van der Waals surface area contributed by atoms with Crippen LogP contribution in [0.5, 0.6) is 0 Å². The Morgan fingerprint density at radius 2 is 1.94 bits per heavy atom. The van der Waals surface area contributed by atoms with Crippen LogP contribution in [0.2, 0.25) is 5.02 Å². The number of hydrogen-bond acceptors (Lipinski definition) is 5. The molecule has 1 N–H and O–H groups in total. The second-order valence-corrected chi connectivity index (χ2v) is 8.86. The minimum atomic E-state index is -0.544. The zero-order chi connectivity index (χ0) is 22.1. The van der Waals surface area contributed by atoms with E-state index in [9.17, 15) is 14.0 Å². The molecule has 2 amide bonds. The molecule has 1 aliphatic heterocycles. The molecule has 0 bridgehead atoms. The van der Waals surface area contributed by atoms with E-state index in [1.165, 1.54) is 23.5 Å². The van der Waals surface area contributed by atoms with E-state index in [1.807, 2.05) is 17.5 Å². The zero-order valence-electron chi connectivity index (χ0n) is 16.5. The number of aromatic amines is 1. The third-order valence-corrected chi connectivity index (χ3v) is 6.70. The van der Waals surface area contributed by atoms with Crippen LogP contribution in [0.1, 0.15) is 23.3 Å². The van der Waals surface area contributed by atoms with Crippen molar-refractivity contribution in [2.24, 2.45) is 0 Å². The van der Waals surface area contributed by atoms with Gasteiger partial charge < -0.3 is 9.80 Å². The van der Waals surface area contributed by atoms with Crippen molar-refractivity contribution in [3.63, 3.8) is 0 Å². The van der Waals surface area contributed by atoms with E-state index < -0.39 is 11.9 Å². The maximum Gasteiger partial charge on any atom is 0.255 e. The lowest BCUT2D eigenvalue weighted by Crippen LogP contribution is -2.52. The maximum atomic E-state index is 13.3. The first kappa shape index (κ1) is 21.7. The average Bonchev–Trinajstić information content (AvgIpc) is 3.42. The monoisotopic (exact) mass is 479 g/mol. The van der Waals surface area contributed by atoms with Crippen LogP contribution in [0.4, 0.5) is 4.39 Å². The van der Waals surface area contributed by atoms with Crippen LogP contribution in [-0.2, 0) is 4.79 Å². The van der Waals surface area contributed by atoms with Gasteiger partial charge in [-0.3, -0.25) is 19.3 Å². The third kappa shape index (κ3) is 4.28. The molecule has 0 aliphatic carbocycles. The number of nitrogens with zero attached hydrogens (tertiary/aromatic N) is 4. The van der Waals surface area contributed by atoms with Crippen molar-refractivity contribution >= 4 is 47.0 Å². The van der Waals surface area contributed by atoms with Gasteiger partial charge in [0.25, 0.3) is 5.91 Å². The van der Waals surface area contributed by atoms with Crippen LogP contribution in [0.15, 0.2) is 35.7 Å². The summed E-state index contributed by atoms with van der Waals surface area (Å²) in [5.41, 5.74) is 0.251. The fourth-order valence-electron chi connectivity index (χ4n) is 3.58. The normalized spacial score (nSPS) is 15.2. The molecule has 0 saturated carbocycles. The van der Waals surface area contributed by atoms with Crippen molar-refractivity contribution < 1.29 is 14.0 Å². The second-order valence-electron chi connectivity index (χ2n) is 7.12. The number of hydrogen-bond donors (Lipinski definition) is 1. The van der Waals surface area contributed by atoms with Gasteiger partial charge in [0.05, 0.1) is 15.5 Å². The van der Waals surface area contributed by atoms with Crippen molar-refractivity contribution in [2.75, 3.05) is 26.2 Å². The predicted molar refractivity (Wildman–Crippen MR) is 119 cm³/mol. The standard InChI is InChI=1S/C20H19ClFN5O2S2/c1-12(27-17(23-24-20(27)30)16-3-2-10-31-16)18(28)25-6-8-26(9-7-25)19(29)14-5-4-13(22)11-15(14)21/h2-5,10-12H,6-9H2,1H3,(H,24,30). The molecule has 1 saturated heterocycles. The number of rotatable bonds is 4. The first-order valence-electron chi connectivity index (χ1n) is 9.60. The minimum absolute atomic E-state index is 0.0765. The van der Waals surface area contributed by atoms with Crippen LogP contribution >= 0.6 is 35.2 Å². The molecular formula is C20H19ClFN5O2S2. The third-order valence-electron chi connectivity index (χ3n) is 5.23. The van der Waals surface area contributed by atoms with E-state index in [4.69, 9.17) is 23.8 Å². The Hall–Kier alpha value is -2.56. The van der Waals surface area contributed by atoms with E-state index in [0.717, 1.165) is 10.9 Å². The highest BCUT2D eigenvalue weighted by atomic mass is 35.5. The van der Waals surface area contributed by atoms with Crippen molar-refractivity contribution in [2.45, 2.75) is 13.0 Å². The molecule has 31 heavy (non-hydrogen) atoms. The molecule has 3 heterocycles. The molecule has 162 valence electrons. The molecular weight excluding hydrogens is 461 g/mol. The summed E-state index contributed by atoms with van der Waals surface area (Å²) in [5, 5.41) is 9.07. The van der Waals surface area contributed by atoms with Gasteiger partial charge in [0.2, 0.25) is 5.91 Å². The predicted octanol–water partition coefficient (Wildman–Crippen LogP) is 4.01. The van der Waals surface area contributed by atoms with Gasteiger partial charge in [-0.05, 0) is 48.8 Å². The van der Waals surface area contributed by atoms with Crippen LogP contribution in [0, 0.1) is 10.6 Å². The number of carbonyl (C=O) groups is 2. The lowest BCUT2D eigenvalue weighted by molar-refractivity contribution is -0.135. The summed E-state index contributed by atoms with van der Waals surface area (Å²) in [6, 6.07) is 7.01. The van der Waals surface area contributed by atoms with Gasteiger partial charge in [-0.25, -0.2) is 4.39 Å². The Morgan fingerprint density at radius 3 is 2.58 bits per heavy atom. The Kier molecular flexibility index (Phi) is 6.22. The lowest BCUT2D eigenvalue weighted by atomic mass is 10.1. The van der Waals surface area contributed by atoms with E-state index in [1.54, 1.807) is 21.3 Å². The van der Waals surface area contributed by atoms with Crippen LogP contribution in [-0.4, -0.2) is 62.6 Å². The summed E-state index contributed by atoms with van der Waals surface area (Å²) in [6.45, 7) is 3.28. The lowest BCUT2D eigenvalue weighted by Gasteiger charge is -2.36. The smallest absolute Gasteiger partial charge is 0.255 e. The molecule has 0 radical (unpaired) electrons. The fourth-order valence-corrected chi connectivity index (χ4v) is 4.83. The Labute approximate surface area is 192 Å². The van der Waals surface area contributed by atoms with Gasteiger partial charge >= 0.3 is 0 Å². The summed E-state index contributed by atoms with van der Waals surface area (Å²) in [5.74, 6) is -0.240. The van der Waals surface area contributed by atoms with Gasteiger partial charge in [-0.2, -0.15) is 5.10 Å². The number of piperazine rings is 1. The molecule has 1 aromatic carbocycles. The van der Waals surface area contributed by atoms with Crippen LogP contribution < -0.4 is 0 Å². The molecule has 1 atom stereocenters. The van der Waals surface area contributed by atoms with Gasteiger partial charge in [0.15, 0.2) is 10.6 Å². The SMILES string of the molecule is CC(C(=O)N1CCN(C(=O)c2ccc(F)cc2Cl)CC1)n1c(-c2cccs2)n[nH]c1=S. The van der Waals surface area contributed by atoms with Crippen molar-refractivity contribution in [3.05, 3.63) is 56.9 Å². The summed E-state index contributed by atoms with van der Waals surface area (Å²) < 4.78 is 15.4.